The number of urea groups is 1. The number of amides is 3. The van der Waals surface area contributed by atoms with Gasteiger partial charge >= 0.3 is 6.03 Å². The Balaban J connectivity index is 1.73. The van der Waals surface area contributed by atoms with Crippen LogP contribution in [0.3, 0.4) is 0 Å². The van der Waals surface area contributed by atoms with Crippen LogP contribution in [0.4, 0.5) is 9.93 Å². The minimum atomic E-state index is -0.205. The third kappa shape index (κ3) is 2.95. The number of aromatic nitrogens is 1. The number of carbonyl (C=O) groups excluding carboxylic acids is 2. The van der Waals surface area contributed by atoms with Gasteiger partial charge in [0.25, 0.3) is 0 Å². The fraction of sp³-hybridized carbons (Fsp3) is 0.667. The van der Waals surface area contributed by atoms with E-state index in [0.29, 0.717) is 5.13 Å². The number of piperazine rings is 1. The Labute approximate surface area is 134 Å². The summed E-state index contributed by atoms with van der Waals surface area (Å²) in [7, 11) is 0. The van der Waals surface area contributed by atoms with Gasteiger partial charge in [-0.15, -0.1) is 11.3 Å². The van der Waals surface area contributed by atoms with Gasteiger partial charge in [0.15, 0.2) is 5.13 Å². The smallest absolute Gasteiger partial charge is 0.324 e. The quantitative estimate of drug-likeness (QED) is 0.877. The standard InChI is InChI=1S/C15H22N4O2S/c1-3-10-9(2)22-14(17-10)18-15(21)19-8-13(20)16-11-6-4-5-7-12(11)19/h11-12H,3-8H2,1-2H3,(H,16,20)(H,17,18,21)/t11-,12-/m1/s1. The second-order valence-corrected chi connectivity index (χ2v) is 7.16. The highest BCUT2D eigenvalue weighted by Gasteiger charge is 2.39. The molecule has 0 spiro atoms. The van der Waals surface area contributed by atoms with Crippen molar-refractivity contribution < 1.29 is 9.59 Å². The van der Waals surface area contributed by atoms with Gasteiger partial charge in [-0.3, -0.25) is 10.1 Å². The molecule has 1 saturated carbocycles. The lowest BCUT2D eigenvalue weighted by molar-refractivity contribution is -0.126. The first-order valence-corrected chi connectivity index (χ1v) is 8.73. The first-order chi connectivity index (χ1) is 10.6. The van der Waals surface area contributed by atoms with Crippen molar-refractivity contribution in [1.29, 1.82) is 0 Å². The van der Waals surface area contributed by atoms with Crippen molar-refractivity contribution >= 4 is 28.4 Å². The molecular weight excluding hydrogens is 300 g/mol. The second kappa shape index (κ2) is 6.24. The predicted molar refractivity (Wildman–Crippen MR) is 86.1 cm³/mol. The summed E-state index contributed by atoms with van der Waals surface area (Å²) in [6, 6.07) is 0.00583. The summed E-state index contributed by atoms with van der Waals surface area (Å²) >= 11 is 1.49. The molecule has 1 aliphatic heterocycles. The van der Waals surface area contributed by atoms with Gasteiger partial charge in [0.2, 0.25) is 5.91 Å². The highest BCUT2D eigenvalue weighted by atomic mass is 32.1. The third-order valence-electron chi connectivity index (χ3n) is 4.49. The number of carbonyl (C=O) groups is 2. The molecule has 3 rings (SSSR count). The van der Waals surface area contributed by atoms with E-state index in [1.807, 2.05) is 6.92 Å². The molecule has 3 amide bonds. The average molecular weight is 322 g/mol. The van der Waals surface area contributed by atoms with Gasteiger partial charge in [-0.25, -0.2) is 9.78 Å². The van der Waals surface area contributed by atoms with Gasteiger partial charge in [-0.2, -0.15) is 0 Å². The highest BCUT2D eigenvalue weighted by Crippen LogP contribution is 2.27. The summed E-state index contributed by atoms with van der Waals surface area (Å²) in [6.07, 6.45) is 4.99. The lowest BCUT2D eigenvalue weighted by atomic mass is 9.87. The molecule has 0 aromatic carbocycles. The number of thiazole rings is 1. The zero-order valence-electron chi connectivity index (χ0n) is 13.0. The molecule has 2 aliphatic rings. The van der Waals surface area contributed by atoms with E-state index in [2.05, 4.69) is 22.5 Å². The molecule has 2 heterocycles. The predicted octanol–water partition coefficient (Wildman–Crippen LogP) is 2.29. The van der Waals surface area contributed by atoms with Gasteiger partial charge in [-0.1, -0.05) is 19.8 Å². The van der Waals surface area contributed by atoms with Gasteiger partial charge in [0.1, 0.15) is 6.54 Å². The molecule has 0 radical (unpaired) electrons. The Hall–Kier alpha value is -1.63. The van der Waals surface area contributed by atoms with Gasteiger partial charge in [-0.05, 0) is 26.2 Å². The third-order valence-corrected chi connectivity index (χ3v) is 5.42. The Bertz CT molecular complexity index is 586. The van der Waals surface area contributed by atoms with E-state index < -0.39 is 0 Å². The maximum atomic E-state index is 12.6. The molecule has 0 unspecified atom stereocenters. The van der Waals surface area contributed by atoms with Crippen molar-refractivity contribution in [1.82, 2.24) is 15.2 Å². The lowest BCUT2D eigenvalue weighted by Gasteiger charge is -2.43. The maximum Gasteiger partial charge on any atom is 0.324 e. The van der Waals surface area contributed by atoms with E-state index >= 15 is 0 Å². The topological polar surface area (TPSA) is 74.3 Å². The summed E-state index contributed by atoms with van der Waals surface area (Å²) in [4.78, 5) is 31.7. The summed E-state index contributed by atoms with van der Waals surface area (Å²) in [6.45, 7) is 4.20. The normalized spacial score (nSPS) is 24.6. The first-order valence-electron chi connectivity index (χ1n) is 7.91. The van der Waals surface area contributed by atoms with Crippen LogP contribution in [-0.4, -0.2) is 40.5 Å². The summed E-state index contributed by atoms with van der Waals surface area (Å²) in [5, 5.41) is 6.51. The molecule has 22 heavy (non-hydrogen) atoms. The maximum absolute atomic E-state index is 12.6. The fourth-order valence-electron chi connectivity index (χ4n) is 3.37. The van der Waals surface area contributed by atoms with E-state index in [-0.39, 0.29) is 30.6 Å². The van der Waals surface area contributed by atoms with Crippen molar-refractivity contribution in [3.05, 3.63) is 10.6 Å². The molecule has 2 atom stereocenters. The lowest BCUT2D eigenvalue weighted by Crippen LogP contribution is -2.63. The second-order valence-electron chi connectivity index (χ2n) is 5.96. The molecule has 2 fully saturated rings. The molecule has 6 nitrogen and oxygen atoms in total. The molecule has 1 aliphatic carbocycles. The molecule has 2 N–H and O–H groups in total. The van der Waals surface area contributed by atoms with Crippen LogP contribution in [0.5, 0.6) is 0 Å². The summed E-state index contributed by atoms with van der Waals surface area (Å²) in [5.74, 6) is -0.0668. The molecule has 1 aromatic rings. The van der Waals surface area contributed by atoms with Gasteiger partial charge < -0.3 is 10.2 Å². The molecule has 7 heteroatoms. The molecule has 120 valence electrons. The van der Waals surface area contributed by atoms with E-state index in [9.17, 15) is 9.59 Å². The minimum Gasteiger partial charge on any atom is -0.350 e. The van der Waals surface area contributed by atoms with Crippen LogP contribution in [0.2, 0.25) is 0 Å². The van der Waals surface area contributed by atoms with Gasteiger partial charge in [0, 0.05) is 10.9 Å². The van der Waals surface area contributed by atoms with E-state index in [4.69, 9.17) is 0 Å². The number of aryl methyl sites for hydroxylation is 2. The Kier molecular flexibility index (Phi) is 4.33. The van der Waals surface area contributed by atoms with Crippen LogP contribution in [-0.2, 0) is 11.2 Å². The monoisotopic (exact) mass is 322 g/mol. The van der Waals surface area contributed by atoms with Crippen LogP contribution in [0.25, 0.3) is 0 Å². The average Bonchev–Trinajstić information content (AvgIpc) is 2.85. The van der Waals surface area contributed by atoms with Crippen LogP contribution in [0, 0.1) is 6.92 Å². The number of nitrogens with one attached hydrogen (secondary N) is 2. The van der Waals surface area contributed by atoms with Gasteiger partial charge in [0.05, 0.1) is 11.7 Å². The van der Waals surface area contributed by atoms with Crippen LogP contribution in [0.1, 0.15) is 43.2 Å². The molecular formula is C15H22N4O2S. The zero-order chi connectivity index (χ0) is 15.7. The first kappa shape index (κ1) is 15.3. The highest BCUT2D eigenvalue weighted by molar-refractivity contribution is 7.15. The largest absolute Gasteiger partial charge is 0.350 e. The Morgan fingerprint density at radius 2 is 2.23 bits per heavy atom. The molecule has 1 aromatic heterocycles. The number of fused-ring (bicyclic) bond motifs is 1. The number of nitrogens with zero attached hydrogens (tertiary/aromatic N) is 2. The number of hydrogen-bond acceptors (Lipinski definition) is 4. The summed E-state index contributed by atoms with van der Waals surface area (Å²) < 4.78 is 0. The van der Waals surface area contributed by atoms with Crippen LogP contribution < -0.4 is 10.6 Å². The molecule has 1 saturated heterocycles. The van der Waals surface area contributed by atoms with Crippen LogP contribution in [0.15, 0.2) is 0 Å². The van der Waals surface area contributed by atoms with Crippen molar-refractivity contribution in [2.24, 2.45) is 0 Å². The fourth-order valence-corrected chi connectivity index (χ4v) is 4.26. The number of hydrogen-bond donors (Lipinski definition) is 2. The number of anilines is 1. The van der Waals surface area contributed by atoms with E-state index in [1.165, 1.54) is 11.3 Å². The SMILES string of the molecule is CCc1nc(NC(=O)N2CC(=O)N[C@@H]3CCCC[C@H]32)sc1C. The zero-order valence-corrected chi connectivity index (χ0v) is 13.8. The molecule has 0 bridgehead atoms. The minimum absolute atomic E-state index is 0.0668. The number of rotatable bonds is 2. The van der Waals surface area contributed by atoms with Crippen molar-refractivity contribution in [3.63, 3.8) is 0 Å². The van der Waals surface area contributed by atoms with Crippen molar-refractivity contribution in [2.45, 2.75) is 58.0 Å². The Morgan fingerprint density at radius 3 is 2.95 bits per heavy atom. The van der Waals surface area contributed by atoms with Crippen molar-refractivity contribution in [2.75, 3.05) is 11.9 Å². The summed E-state index contributed by atoms with van der Waals surface area (Å²) in [5.41, 5.74) is 1.02. The van der Waals surface area contributed by atoms with Crippen molar-refractivity contribution in [3.8, 4) is 0 Å². The van der Waals surface area contributed by atoms with E-state index in [1.54, 1.807) is 4.90 Å². The van der Waals surface area contributed by atoms with Crippen LogP contribution >= 0.6 is 11.3 Å². The Morgan fingerprint density at radius 1 is 1.45 bits per heavy atom. The van der Waals surface area contributed by atoms with E-state index in [0.717, 1.165) is 42.7 Å².